The summed E-state index contributed by atoms with van der Waals surface area (Å²) in [6, 6.07) is 12.6. The van der Waals surface area contributed by atoms with Gasteiger partial charge in [-0.05, 0) is 47.1 Å². The Labute approximate surface area is 195 Å². The Kier molecular flexibility index (Phi) is 5.28. The van der Waals surface area contributed by atoms with Gasteiger partial charge in [0, 0.05) is 38.0 Å². The third-order valence-electron chi connectivity index (χ3n) is 8.52. The van der Waals surface area contributed by atoms with Crippen molar-refractivity contribution < 1.29 is 21.6 Å². The average Bonchev–Trinajstić information content (AvgIpc) is 3.13. The van der Waals surface area contributed by atoms with E-state index < -0.39 is 25.5 Å². The molecule has 2 saturated carbocycles. The molecule has 1 saturated heterocycles. The molecule has 2 aliphatic carbocycles. The lowest BCUT2D eigenvalue weighted by atomic mass is 9.70. The molecule has 3 aliphatic rings. The lowest BCUT2D eigenvalue weighted by molar-refractivity contribution is -0.128. The van der Waals surface area contributed by atoms with Crippen molar-refractivity contribution in [1.29, 1.82) is 0 Å². The van der Waals surface area contributed by atoms with Crippen molar-refractivity contribution in [2.75, 3.05) is 31.9 Å². The van der Waals surface area contributed by atoms with E-state index in [4.69, 9.17) is 0 Å². The molecule has 0 radical (unpaired) electrons. The van der Waals surface area contributed by atoms with Gasteiger partial charge >= 0.3 is 0 Å². The smallest absolute Gasteiger partial charge is 0.243 e. The molecular weight excluding hydrogens is 460 g/mol. The van der Waals surface area contributed by atoms with Crippen LogP contribution in [-0.4, -0.2) is 63.2 Å². The maximum Gasteiger partial charge on any atom is 0.243 e. The average molecular weight is 491 g/mol. The Bertz CT molecular complexity index is 1330. The fraction of sp³-hybridized carbons (Fsp3) is 0.542. The maximum atomic E-state index is 13.3. The highest BCUT2D eigenvalue weighted by molar-refractivity contribution is 7.89. The Hall–Kier alpha value is -1.81. The number of carbonyl (C=O) groups excluding carboxylic acids is 1. The highest BCUT2D eigenvalue weighted by atomic mass is 32.2. The number of piperazine rings is 1. The first kappa shape index (κ1) is 23.0. The summed E-state index contributed by atoms with van der Waals surface area (Å²) >= 11 is 0. The number of sulfonamides is 2. The van der Waals surface area contributed by atoms with Crippen molar-refractivity contribution in [2.24, 2.45) is 16.7 Å². The van der Waals surface area contributed by atoms with Gasteiger partial charge in [0.25, 0.3) is 0 Å². The SMILES string of the molecule is CC1(C)C2CCC1(CS(=O)(=O)N1CCN(S(=O)(=O)c3ccc4ccccc4c3)CC1)C(=O)C2. The van der Waals surface area contributed by atoms with Gasteiger partial charge in [0.1, 0.15) is 5.78 Å². The summed E-state index contributed by atoms with van der Waals surface area (Å²) in [5.41, 5.74) is -1.14. The zero-order valence-electron chi connectivity index (χ0n) is 19.0. The molecule has 2 atom stereocenters. The maximum absolute atomic E-state index is 13.3. The predicted octanol–water partition coefficient (Wildman–Crippen LogP) is 2.87. The van der Waals surface area contributed by atoms with Crippen LogP contribution in [0.2, 0.25) is 0 Å². The molecule has 2 unspecified atom stereocenters. The molecule has 1 aliphatic heterocycles. The van der Waals surface area contributed by atoms with Gasteiger partial charge in [-0.25, -0.2) is 16.8 Å². The van der Waals surface area contributed by atoms with Gasteiger partial charge in [-0.1, -0.05) is 44.2 Å². The lowest BCUT2D eigenvalue weighted by Gasteiger charge is -2.39. The van der Waals surface area contributed by atoms with Gasteiger partial charge in [-0.3, -0.25) is 4.79 Å². The number of benzene rings is 2. The second-order valence-corrected chi connectivity index (χ2v) is 14.1. The number of hydrogen-bond acceptors (Lipinski definition) is 5. The first-order chi connectivity index (χ1) is 15.5. The number of ketones is 1. The van der Waals surface area contributed by atoms with Crippen molar-refractivity contribution in [3.05, 3.63) is 42.5 Å². The van der Waals surface area contributed by atoms with E-state index in [0.29, 0.717) is 12.8 Å². The van der Waals surface area contributed by atoms with Crippen LogP contribution < -0.4 is 0 Å². The summed E-state index contributed by atoms with van der Waals surface area (Å²) in [5.74, 6) is 0.161. The molecule has 2 bridgehead atoms. The molecule has 0 N–H and O–H groups in total. The topological polar surface area (TPSA) is 91.8 Å². The molecule has 2 aromatic carbocycles. The van der Waals surface area contributed by atoms with Crippen molar-refractivity contribution >= 4 is 36.6 Å². The van der Waals surface area contributed by atoms with Gasteiger partial charge in [0.05, 0.1) is 10.6 Å². The van der Waals surface area contributed by atoms with E-state index in [1.54, 1.807) is 18.2 Å². The zero-order chi connectivity index (χ0) is 23.6. The molecule has 9 heteroatoms. The molecule has 178 valence electrons. The molecule has 7 nitrogen and oxygen atoms in total. The van der Waals surface area contributed by atoms with Crippen molar-refractivity contribution in [3.8, 4) is 0 Å². The fourth-order valence-corrected chi connectivity index (χ4v) is 9.84. The first-order valence-electron chi connectivity index (χ1n) is 11.5. The highest BCUT2D eigenvalue weighted by Crippen LogP contribution is 2.64. The van der Waals surface area contributed by atoms with Crippen LogP contribution in [-0.2, 0) is 24.8 Å². The van der Waals surface area contributed by atoms with E-state index in [0.717, 1.165) is 17.2 Å². The van der Waals surface area contributed by atoms with E-state index in [9.17, 15) is 21.6 Å². The zero-order valence-corrected chi connectivity index (χ0v) is 20.7. The van der Waals surface area contributed by atoms with Crippen LogP contribution in [0, 0.1) is 16.7 Å². The van der Waals surface area contributed by atoms with E-state index in [-0.39, 0.29) is 53.9 Å². The Morgan fingerprint density at radius 3 is 2.15 bits per heavy atom. The van der Waals surface area contributed by atoms with Crippen LogP contribution in [0.25, 0.3) is 10.8 Å². The van der Waals surface area contributed by atoms with Gasteiger partial charge in [-0.15, -0.1) is 0 Å². The third-order valence-corrected chi connectivity index (χ3v) is 12.4. The lowest BCUT2D eigenvalue weighted by Crippen LogP contribution is -2.53. The summed E-state index contributed by atoms with van der Waals surface area (Å²) in [6.07, 6.45) is 1.99. The summed E-state index contributed by atoms with van der Waals surface area (Å²) in [4.78, 5) is 13.0. The largest absolute Gasteiger partial charge is 0.299 e. The minimum Gasteiger partial charge on any atom is -0.299 e. The minimum absolute atomic E-state index is 0.0739. The predicted molar refractivity (Wildman–Crippen MR) is 127 cm³/mol. The van der Waals surface area contributed by atoms with E-state index in [1.165, 1.54) is 8.61 Å². The van der Waals surface area contributed by atoms with Crippen LogP contribution in [0.3, 0.4) is 0 Å². The number of fused-ring (bicyclic) bond motifs is 3. The van der Waals surface area contributed by atoms with E-state index in [1.807, 2.05) is 38.1 Å². The van der Waals surface area contributed by atoms with Crippen LogP contribution in [0.1, 0.15) is 33.1 Å². The second kappa shape index (κ2) is 7.60. The van der Waals surface area contributed by atoms with Gasteiger partial charge in [0.2, 0.25) is 20.0 Å². The number of nitrogens with zero attached hydrogens (tertiary/aromatic N) is 2. The van der Waals surface area contributed by atoms with E-state index in [2.05, 4.69) is 0 Å². The Balaban J connectivity index is 1.31. The Morgan fingerprint density at radius 2 is 1.55 bits per heavy atom. The normalized spacial score (nSPS) is 28.5. The van der Waals surface area contributed by atoms with Gasteiger partial charge in [-0.2, -0.15) is 8.61 Å². The van der Waals surface area contributed by atoms with Crippen LogP contribution in [0.4, 0.5) is 0 Å². The number of rotatable bonds is 5. The third kappa shape index (κ3) is 3.47. The number of hydrogen-bond donors (Lipinski definition) is 0. The molecule has 1 heterocycles. The van der Waals surface area contributed by atoms with Crippen molar-refractivity contribution in [3.63, 3.8) is 0 Å². The fourth-order valence-electron chi connectivity index (χ4n) is 6.18. The quantitative estimate of drug-likeness (QED) is 0.643. The van der Waals surface area contributed by atoms with Gasteiger partial charge in [0.15, 0.2) is 0 Å². The summed E-state index contributed by atoms with van der Waals surface area (Å²) in [6.45, 7) is 4.45. The van der Waals surface area contributed by atoms with Crippen LogP contribution >= 0.6 is 0 Å². The summed E-state index contributed by atoms with van der Waals surface area (Å²) in [7, 11) is -7.41. The molecule has 33 heavy (non-hydrogen) atoms. The molecule has 3 fully saturated rings. The monoisotopic (exact) mass is 490 g/mol. The molecule has 0 aromatic heterocycles. The summed E-state index contributed by atoms with van der Waals surface area (Å²) in [5, 5.41) is 1.81. The van der Waals surface area contributed by atoms with Crippen LogP contribution in [0.15, 0.2) is 47.4 Å². The number of carbonyl (C=O) groups is 1. The van der Waals surface area contributed by atoms with Crippen molar-refractivity contribution in [2.45, 2.75) is 38.0 Å². The first-order valence-corrected chi connectivity index (χ1v) is 14.5. The van der Waals surface area contributed by atoms with E-state index >= 15 is 0 Å². The minimum atomic E-state index is -3.72. The number of Topliss-reactive ketones (excluding diaryl/α,β-unsaturated/α-hetero) is 1. The Morgan fingerprint density at radius 1 is 0.909 bits per heavy atom. The summed E-state index contributed by atoms with van der Waals surface area (Å²) < 4.78 is 55.8. The van der Waals surface area contributed by atoms with Crippen molar-refractivity contribution in [1.82, 2.24) is 8.61 Å². The second-order valence-electron chi connectivity index (χ2n) is 10.2. The molecular formula is C24H30N2O5S2. The van der Waals surface area contributed by atoms with Crippen LogP contribution in [0.5, 0.6) is 0 Å². The molecule has 0 spiro atoms. The molecule has 5 rings (SSSR count). The van der Waals surface area contributed by atoms with Gasteiger partial charge < -0.3 is 0 Å². The highest BCUT2D eigenvalue weighted by Gasteiger charge is 2.65. The molecule has 2 aromatic rings. The standard InChI is InChI=1S/C24H30N2O5S2/c1-23(2)20-9-10-24(23,22(27)16-20)17-32(28,29)25-11-13-26(14-12-25)33(30,31)21-8-7-18-5-3-4-6-19(18)15-21/h3-8,15,20H,9-14,16-17H2,1-2H3. The molecule has 0 amide bonds.